The zero-order valence-corrected chi connectivity index (χ0v) is 13.0. The van der Waals surface area contributed by atoms with Crippen LogP contribution in [0.3, 0.4) is 0 Å². The van der Waals surface area contributed by atoms with E-state index in [1.165, 1.54) is 11.1 Å². The lowest BCUT2D eigenvalue weighted by molar-refractivity contribution is 0.609. The number of halogens is 1. The van der Waals surface area contributed by atoms with Crippen LogP contribution in [-0.4, -0.2) is 20.4 Å². The molecule has 1 atom stereocenters. The highest BCUT2D eigenvalue weighted by Gasteiger charge is 2.19. The summed E-state index contributed by atoms with van der Waals surface area (Å²) in [6, 6.07) is 9.10. The Morgan fingerprint density at radius 1 is 1.24 bits per heavy atom. The predicted molar refractivity (Wildman–Crippen MR) is 86.6 cm³/mol. The van der Waals surface area contributed by atoms with Crippen LogP contribution in [0.15, 0.2) is 47.5 Å². The summed E-state index contributed by atoms with van der Waals surface area (Å²) in [6.45, 7) is 0. The number of hydrogen-bond acceptors (Lipinski definition) is 3. The lowest BCUT2D eigenvalue weighted by atomic mass is 9.88. The average Bonchev–Trinajstić information content (AvgIpc) is 2.95. The van der Waals surface area contributed by atoms with Gasteiger partial charge in [0.15, 0.2) is 11.5 Å². The minimum atomic E-state index is 0.405. The van der Waals surface area contributed by atoms with Gasteiger partial charge in [-0.15, -0.1) is 0 Å². The van der Waals surface area contributed by atoms with Crippen molar-refractivity contribution in [3.63, 3.8) is 0 Å². The highest BCUT2D eigenvalue weighted by atomic mass is 79.9. The van der Waals surface area contributed by atoms with E-state index >= 15 is 0 Å². The van der Waals surface area contributed by atoms with E-state index in [4.69, 9.17) is 0 Å². The third kappa shape index (κ3) is 2.42. The molecule has 2 heterocycles. The molecule has 2 aromatic heterocycles. The summed E-state index contributed by atoms with van der Waals surface area (Å²) in [4.78, 5) is 8.93. The molecule has 1 unspecified atom stereocenters. The topological polar surface area (TPSA) is 42.2 Å². The average molecular weight is 343 g/mol. The Balaban J connectivity index is 1.63. The van der Waals surface area contributed by atoms with Gasteiger partial charge in [-0.2, -0.15) is 0 Å². The van der Waals surface area contributed by atoms with E-state index in [2.05, 4.69) is 55.5 Å². The van der Waals surface area contributed by atoms with Crippen LogP contribution in [0.4, 0.5) is 5.82 Å². The van der Waals surface area contributed by atoms with Crippen LogP contribution in [0, 0.1) is 0 Å². The predicted octanol–water partition coefficient (Wildman–Crippen LogP) is 3.46. The number of imidazole rings is 1. The van der Waals surface area contributed by atoms with Crippen molar-refractivity contribution in [2.45, 2.75) is 25.3 Å². The van der Waals surface area contributed by atoms with Crippen LogP contribution in [0.2, 0.25) is 0 Å². The molecule has 0 radical (unpaired) electrons. The third-order valence-electron chi connectivity index (χ3n) is 4.03. The maximum atomic E-state index is 4.55. The Labute approximate surface area is 131 Å². The second-order valence-electron chi connectivity index (χ2n) is 5.42. The van der Waals surface area contributed by atoms with Crippen LogP contribution in [0.25, 0.3) is 5.65 Å². The van der Waals surface area contributed by atoms with Crippen LogP contribution < -0.4 is 5.32 Å². The number of fused-ring (bicyclic) bond motifs is 2. The van der Waals surface area contributed by atoms with Gasteiger partial charge in [-0.1, -0.05) is 24.3 Å². The summed E-state index contributed by atoms with van der Waals surface area (Å²) < 4.78 is 2.79. The molecule has 1 aliphatic rings. The molecule has 0 saturated carbocycles. The molecule has 5 heteroatoms. The highest BCUT2D eigenvalue weighted by Crippen LogP contribution is 2.25. The summed E-state index contributed by atoms with van der Waals surface area (Å²) >= 11 is 3.46. The van der Waals surface area contributed by atoms with Gasteiger partial charge in [0.1, 0.15) is 4.60 Å². The summed E-state index contributed by atoms with van der Waals surface area (Å²) in [5.74, 6) is 0.846. The molecule has 0 fully saturated rings. The lowest BCUT2D eigenvalue weighted by Gasteiger charge is -2.26. The second kappa shape index (κ2) is 5.15. The fraction of sp³-hybridized carbons (Fsp3) is 0.250. The molecule has 0 bridgehead atoms. The summed E-state index contributed by atoms with van der Waals surface area (Å²) in [7, 11) is 0. The van der Waals surface area contributed by atoms with Gasteiger partial charge < -0.3 is 9.72 Å². The van der Waals surface area contributed by atoms with E-state index in [0.29, 0.717) is 6.04 Å². The SMILES string of the molecule is Brc1cn2ccnc2c(NC2CCc3ccccc3C2)n1. The number of aryl methyl sites for hydroxylation is 1. The number of aromatic nitrogens is 3. The van der Waals surface area contributed by atoms with Gasteiger partial charge in [0.05, 0.1) is 0 Å². The van der Waals surface area contributed by atoms with Crippen molar-refractivity contribution in [3.05, 3.63) is 58.6 Å². The molecule has 0 amide bonds. The van der Waals surface area contributed by atoms with Crippen LogP contribution >= 0.6 is 15.9 Å². The standard InChI is InChI=1S/C16H15BrN4/c17-14-10-21-8-7-18-16(21)15(20-14)19-13-6-5-11-3-1-2-4-12(11)9-13/h1-4,7-8,10,13H,5-6,9H2,(H,19,20). The van der Waals surface area contributed by atoms with Crippen LogP contribution in [0.1, 0.15) is 17.5 Å². The van der Waals surface area contributed by atoms with Crippen molar-refractivity contribution in [2.75, 3.05) is 5.32 Å². The Hall–Kier alpha value is -1.88. The van der Waals surface area contributed by atoms with Gasteiger partial charge in [0, 0.05) is 24.6 Å². The number of hydrogen-bond donors (Lipinski definition) is 1. The van der Waals surface area contributed by atoms with Crippen molar-refractivity contribution < 1.29 is 0 Å². The molecular formula is C16H15BrN4. The fourth-order valence-electron chi connectivity index (χ4n) is 3.01. The Kier molecular flexibility index (Phi) is 3.15. The monoisotopic (exact) mass is 342 g/mol. The van der Waals surface area contributed by atoms with Gasteiger partial charge in [-0.3, -0.25) is 0 Å². The molecule has 4 rings (SSSR count). The van der Waals surface area contributed by atoms with Crippen molar-refractivity contribution >= 4 is 27.4 Å². The molecule has 4 nitrogen and oxygen atoms in total. The molecule has 1 aromatic carbocycles. The van der Waals surface area contributed by atoms with Gasteiger partial charge in [0.2, 0.25) is 0 Å². The van der Waals surface area contributed by atoms with E-state index in [1.54, 1.807) is 6.20 Å². The largest absolute Gasteiger partial charge is 0.364 e. The van der Waals surface area contributed by atoms with Gasteiger partial charge in [-0.25, -0.2) is 9.97 Å². The van der Waals surface area contributed by atoms with E-state index < -0.39 is 0 Å². The van der Waals surface area contributed by atoms with Gasteiger partial charge >= 0.3 is 0 Å². The summed E-state index contributed by atoms with van der Waals surface area (Å²) in [5, 5.41) is 3.57. The van der Waals surface area contributed by atoms with Crippen molar-refractivity contribution in [1.82, 2.24) is 14.4 Å². The summed E-state index contributed by atoms with van der Waals surface area (Å²) in [5.41, 5.74) is 3.79. The minimum absolute atomic E-state index is 0.405. The minimum Gasteiger partial charge on any atom is -0.364 e. The van der Waals surface area contributed by atoms with Crippen molar-refractivity contribution in [3.8, 4) is 0 Å². The van der Waals surface area contributed by atoms with Crippen LogP contribution in [0.5, 0.6) is 0 Å². The van der Waals surface area contributed by atoms with Gasteiger partial charge in [0.25, 0.3) is 0 Å². The first-order valence-electron chi connectivity index (χ1n) is 7.12. The first-order valence-corrected chi connectivity index (χ1v) is 7.91. The number of nitrogens with one attached hydrogen (secondary N) is 1. The highest BCUT2D eigenvalue weighted by molar-refractivity contribution is 9.10. The van der Waals surface area contributed by atoms with Gasteiger partial charge in [-0.05, 0) is 46.3 Å². The first kappa shape index (κ1) is 12.8. The Morgan fingerprint density at radius 2 is 2.10 bits per heavy atom. The zero-order chi connectivity index (χ0) is 14.2. The van der Waals surface area contributed by atoms with Crippen molar-refractivity contribution in [2.24, 2.45) is 0 Å². The van der Waals surface area contributed by atoms with E-state index in [0.717, 1.165) is 35.3 Å². The number of benzene rings is 1. The number of nitrogens with zero attached hydrogens (tertiary/aromatic N) is 3. The molecule has 1 N–H and O–H groups in total. The molecular weight excluding hydrogens is 328 g/mol. The molecule has 0 spiro atoms. The van der Waals surface area contributed by atoms with Crippen molar-refractivity contribution in [1.29, 1.82) is 0 Å². The number of anilines is 1. The molecule has 0 aliphatic heterocycles. The Morgan fingerprint density at radius 3 is 3.00 bits per heavy atom. The Bertz CT molecular complexity index is 796. The molecule has 21 heavy (non-hydrogen) atoms. The maximum absolute atomic E-state index is 4.55. The van der Waals surface area contributed by atoms with E-state index in [9.17, 15) is 0 Å². The quantitative estimate of drug-likeness (QED) is 0.775. The molecule has 0 saturated heterocycles. The zero-order valence-electron chi connectivity index (χ0n) is 11.5. The third-order valence-corrected chi connectivity index (χ3v) is 4.41. The first-order chi connectivity index (χ1) is 10.3. The normalized spacial score (nSPS) is 17.7. The molecule has 1 aliphatic carbocycles. The lowest BCUT2D eigenvalue weighted by Crippen LogP contribution is -2.28. The van der Waals surface area contributed by atoms with Crippen LogP contribution in [-0.2, 0) is 12.8 Å². The van der Waals surface area contributed by atoms with E-state index in [-0.39, 0.29) is 0 Å². The van der Waals surface area contributed by atoms with E-state index in [1.807, 2.05) is 16.8 Å². The second-order valence-corrected chi connectivity index (χ2v) is 6.24. The smallest absolute Gasteiger partial charge is 0.180 e. The summed E-state index contributed by atoms with van der Waals surface area (Å²) in [6.07, 6.45) is 8.93. The fourth-order valence-corrected chi connectivity index (χ4v) is 3.41. The molecule has 3 aromatic rings. The molecule has 106 valence electrons. The number of rotatable bonds is 2. The maximum Gasteiger partial charge on any atom is 0.180 e.